The first-order valence-corrected chi connectivity index (χ1v) is 18.5. The second kappa shape index (κ2) is 10.9. The number of rotatable bonds is 0. The highest BCUT2D eigenvalue weighted by Gasteiger charge is 2.60. The van der Waals surface area contributed by atoms with Gasteiger partial charge in [-0.3, -0.25) is 0 Å². The van der Waals surface area contributed by atoms with Crippen LogP contribution in [0.15, 0.2) is 0 Å². The van der Waals surface area contributed by atoms with Crippen molar-refractivity contribution < 1.29 is 0 Å². The number of hydrogen-bond donors (Lipinski definition) is 0. The van der Waals surface area contributed by atoms with Crippen molar-refractivity contribution in [2.24, 2.45) is 92.7 Å². The van der Waals surface area contributed by atoms with E-state index < -0.39 is 0 Å². The van der Waals surface area contributed by atoms with E-state index in [4.69, 9.17) is 0 Å². The van der Waals surface area contributed by atoms with Gasteiger partial charge in [0.05, 0.1) is 0 Å². The van der Waals surface area contributed by atoms with Gasteiger partial charge in [0, 0.05) is 0 Å². The van der Waals surface area contributed by atoms with Gasteiger partial charge < -0.3 is 0 Å². The third-order valence-corrected chi connectivity index (χ3v) is 15.7. The first-order chi connectivity index (χ1) is 18.5. The minimum atomic E-state index is 0.727. The van der Waals surface area contributed by atoms with Crippen LogP contribution in [0.3, 0.4) is 0 Å². The molecule has 0 heterocycles. The molecule has 0 aromatic rings. The molecule has 0 aliphatic heterocycles. The van der Waals surface area contributed by atoms with E-state index in [1.54, 1.807) is 0 Å². The van der Waals surface area contributed by atoms with Crippen LogP contribution < -0.4 is 0 Å². The van der Waals surface area contributed by atoms with Crippen LogP contribution in [-0.2, 0) is 0 Å². The molecule has 0 saturated heterocycles. The summed E-state index contributed by atoms with van der Waals surface area (Å²) >= 11 is 0. The second-order valence-corrected chi connectivity index (χ2v) is 19.8. The zero-order chi connectivity index (χ0) is 29.4. The van der Waals surface area contributed by atoms with Gasteiger partial charge in [0.2, 0.25) is 0 Å². The normalized spacial score (nSPS) is 50.1. The lowest BCUT2D eigenvalue weighted by Crippen LogP contribution is -2.03. The van der Waals surface area contributed by atoms with Crippen molar-refractivity contribution in [2.75, 3.05) is 0 Å². The van der Waals surface area contributed by atoms with Crippen LogP contribution in [-0.4, -0.2) is 0 Å². The van der Waals surface area contributed by atoms with Crippen molar-refractivity contribution in [2.45, 2.75) is 160 Å². The number of fused-ring (bicyclic) bond motifs is 4. The highest BCUT2D eigenvalue weighted by atomic mass is 14.6. The summed E-state index contributed by atoms with van der Waals surface area (Å²) in [5.74, 6) is 12.8. The van der Waals surface area contributed by atoms with Gasteiger partial charge in [-0.05, 0) is 144 Å². The van der Waals surface area contributed by atoms with E-state index in [0.29, 0.717) is 0 Å². The van der Waals surface area contributed by atoms with Crippen LogP contribution in [0, 0.1) is 92.7 Å². The molecular weight excluding hydrogens is 480 g/mol. The fourth-order valence-corrected chi connectivity index (χ4v) is 11.7. The molecule has 0 bridgehead atoms. The van der Waals surface area contributed by atoms with Crippen LogP contribution >= 0.6 is 0 Å². The Hall–Kier alpha value is 0. The zero-order valence-electron chi connectivity index (χ0n) is 29.4. The molecule has 0 radical (unpaired) electrons. The Bertz CT molecular complexity index is 728. The average molecular weight is 553 g/mol. The Kier molecular flexibility index (Phi) is 8.53. The van der Waals surface area contributed by atoms with Crippen LogP contribution in [0.5, 0.6) is 0 Å². The van der Waals surface area contributed by atoms with Gasteiger partial charge in [-0.25, -0.2) is 0 Å². The van der Waals surface area contributed by atoms with E-state index in [-0.39, 0.29) is 0 Å². The molecule has 8 aliphatic carbocycles. The maximum Gasteiger partial charge on any atom is -0.0292 e. The SMILES string of the molecule is C[C@@H]1CC[C@@H]2[C@H](C1)C2(C)C.C[C@@H]1CC[C@H]2[C@@H](C1)C2(C)C.C[C@H]1CC[C@@H]2[C@H](C1)C2(C)C.C[C@H]1CC[C@H]2[C@@H](C1)C2(C)C. The Morgan fingerprint density at radius 3 is 0.575 bits per heavy atom. The van der Waals surface area contributed by atoms with Gasteiger partial charge in [-0.1, -0.05) is 109 Å². The van der Waals surface area contributed by atoms with E-state index in [1.807, 2.05) is 0 Å². The monoisotopic (exact) mass is 553 g/mol. The molecule has 0 aromatic carbocycles. The minimum Gasteiger partial charge on any atom is -0.0625 e. The smallest absolute Gasteiger partial charge is 0.0292 e. The van der Waals surface area contributed by atoms with E-state index in [0.717, 1.165) is 92.7 Å². The lowest BCUT2D eigenvalue weighted by molar-refractivity contribution is 0.367. The van der Waals surface area contributed by atoms with Crippen LogP contribution in [0.2, 0.25) is 0 Å². The Morgan fingerprint density at radius 1 is 0.275 bits per heavy atom. The fourth-order valence-electron chi connectivity index (χ4n) is 11.7. The number of hydrogen-bond acceptors (Lipinski definition) is 0. The minimum absolute atomic E-state index is 0.727. The average Bonchev–Trinajstić information content (AvgIpc) is 3.82. The van der Waals surface area contributed by atoms with E-state index in [9.17, 15) is 0 Å². The highest BCUT2D eigenvalue weighted by Crippen LogP contribution is 2.68. The summed E-state index contributed by atoms with van der Waals surface area (Å²) in [5.41, 5.74) is 2.91. The highest BCUT2D eigenvalue weighted by molar-refractivity contribution is 5.09. The van der Waals surface area contributed by atoms with Gasteiger partial charge >= 0.3 is 0 Å². The molecule has 0 unspecified atom stereocenters. The third kappa shape index (κ3) is 6.15. The molecule has 40 heavy (non-hydrogen) atoms. The van der Waals surface area contributed by atoms with Crippen LogP contribution in [0.4, 0.5) is 0 Å². The van der Waals surface area contributed by atoms with E-state index in [2.05, 4.69) is 83.1 Å². The molecule has 0 aromatic heterocycles. The standard InChI is InChI=1S/4C10H18/c4*1-7-4-5-8-9(6-7)10(8,2)3/h4*7-9H,4-6H2,1-3H3/t2*7-,8+,9-;2*7-,8-,9+/m1010/s1. The Morgan fingerprint density at radius 2 is 0.450 bits per heavy atom. The molecule has 0 heteroatoms. The summed E-state index contributed by atoms with van der Waals surface area (Å²) in [6.07, 6.45) is 18.1. The first kappa shape index (κ1) is 31.4. The molecule has 8 aliphatic rings. The van der Waals surface area contributed by atoms with Crippen molar-refractivity contribution in [3.8, 4) is 0 Å². The van der Waals surface area contributed by atoms with Gasteiger partial charge in [-0.15, -0.1) is 0 Å². The second-order valence-electron chi connectivity index (χ2n) is 19.8. The molecule has 0 spiro atoms. The summed E-state index contributed by atoms with van der Waals surface area (Å²) in [6, 6.07) is 0. The molecule has 8 rings (SSSR count). The lowest BCUT2D eigenvalue weighted by atomic mass is 9.91. The van der Waals surface area contributed by atoms with E-state index >= 15 is 0 Å². The van der Waals surface area contributed by atoms with Crippen molar-refractivity contribution in [1.29, 1.82) is 0 Å². The molecule has 0 nitrogen and oxygen atoms in total. The summed E-state index contributed by atoms with van der Waals surface area (Å²) in [4.78, 5) is 0. The molecule has 0 N–H and O–H groups in total. The quantitative estimate of drug-likeness (QED) is 0.280. The van der Waals surface area contributed by atoms with Gasteiger partial charge in [-0.2, -0.15) is 0 Å². The molecule has 0 amide bonds. The van der Waals surface area contributed by atoms with Crippen molar-refractivity contribution in [3.05, 3.63) is 0 Å². The summed E-state index contributed by atoms with van der Waals surface area (Å²) in [6.45, 7) is 29.2. The van der Waals surface area contributed by atoms with Crippen LogP contribution in [0.25, 0.3) is 0 Å². The lowest BCUT2D eigenvalue weighted by Gasteiger charge is -2.15. The summed E-state index contributed by atoms with van der Waals surface area (Å²) in [7, 11) is 0. The molecule has 232 valence electrons. The Balaban J connectivity index is 0.000000108. The van der Waals surface area contributed by atoms with Crippen molar-refractivity contribution in [3.63, 3.8) is 0 Å². The van der Waals surface area contributed by atoms with Gasteiger partial charge in [0.1, 0.15) is 0 Å². The van der Waals surface area contributed by atoms with E-state index in [1.165, 1.54) is 77.0 Å². The summed E-state index contributed by atoms with van der Waals surface area (Å²) < 4.78 is 0. The maximum atomic E-state index is 2.44. The molecule has 8 fully saturated rings. The van der Waals surface area contributed by atoms with Crippen molar-refractivity contribution in [1.82, 2.24) is 0 Å². The van der Waals surface area contributed by atoms with Crippen LogP contribution in [0.1, 0.15) is 160 Å². The molecule has 12 atom stereocenters. The van der Waals surface area contributed by atoms with Gasteiger partial charge in [0.25, 0.3) is 0 Å². The largest absolute Gasteiger partial charge is 0.0625 e. The molecular formula is C40H72. The zero-order valence-corrected chi connectivity index (χ0v) is 29.4. The van der Waals surface area contributed by atoms with Gasteiger partial charge in [0.15, 0.2) is 0 Å². The predicted octanol–water partition coefficient (Wildman–Crippen LogP) is 12.3. The topological polar surface area (TPSA) is 0 Å². The molecule has 8 saturated carbocycles. The summed E-state index contributed by atoms with van der Waals surface area (Å²) in [5, 5.41) is 0. The van der Waals surface area contributed by atoms with Crippen molar-refractivity contribution >= 4 is 0 Å². The third-order valence-electron chi connectivity index (χ3n) is 15.7. The Labute approximate surface area is 252 Å². The predicted molar refractivity (Wildman–Crippen MR) is 175 cm³/mol. The first-order valence-electron chi connectivity index (χ1n) is 18.5. The maximum absolute atomic E-state index is 2.44. The fraction of sp³-hybridized carbons (Fsp3) is 1.00.